The molecule has 0 bridgehead atoms. The molecule has 0 spiro atoms. The van der Waals surface area contributed by atoms with Crippen LogP contribution >= 0.6 is 12.2 Å². The third kappa shape index (κ3) is 10.4. The van der Waals surface area contributed by atoms with Gasteiger partial charge in [-0.2, -0.15) is 0 Å². The van der Waals surface area contributed by atoms with Gasteiger partial charge in [0.25, 0.3) is 5.56 Å². The molecule has 0 aliphatic rings. The van der Waals surface area contributed by atoms with E-state index < -0.39 is 23.7 Å². The molecule has 2 aromatic rings. The number of hydrogen-bond donors (Lipinski definition) is 3. The standard InChI is InChI=1S/C27H43N5O7S/c1-17(2)21(29-26(36)39-27(5,6)7)23(34)28-12-9-8-10-20(33)38-16-31-13-11-19-22(31)24(35)30-25(40)32(19)14-15-37-18(3)4/h11,13,17-18,21H,8-10,12,14-16H2,1-7H3,(H,28,34)(H,29,36)(H,30,35,40)/t21-/m0/s1. The van der Waals surface area contributed by atoms with Crippen LogP contribution in [0.5, 0.6) is 0 Å². The monoisotopic (exact) mass is 581 g/mol. The fourth-order valence-corrected chi connectivity index (χ4v) is 4.15. The Hall–Kier alpha value is -3.19. The lowest BCUT2D eigenvalue weighted by Crippen LogP contribution is -2.51. The number of H-pyrrole nitrogens is 1. The highest BCUT2D eigenvalue weighted by Gasteiger charge is 2.26. The summed E-state index contributed by atoms with van der Waals surface area (Å²) in [6.45, 7) is 13.9. The first kappa shape index (κ1) is 33.0. The van der Waals surface area contributed by atoms with Crippen LogP contribution in [0.25, 0.3) is 11.0 Å². The molecule has 13 heteroatoms. The SMILES string of the molecule is CC(C)OCCn1c(=S)[nH]c(=O)c2c1ccn2COC(=O)CCCCNC(=O)[C@@H](NC(=O)OC(C)(C)C)C(C)C. The first-order valence-corrected chi connectivity index (χ1v) is 14.0. The van der Waals surface area contributed by atoms with Gasteiger partial charge < -0.3 is 34.0 Å². The Morgan fingerprint density at radius 2 is 1.82 bits per heavy atom. The molecule has 2 aromatic heterocycles. The van der Waals surface area contributed by atoms with E-state index in [1.54, 1.807) is 42.2 Å². The van der Waals surface area contributed by atoms with Crippen molar-refractivity contribution in [3.05, 3.63) is 27.4 Å². The van der Waals surface area contributed by atoms with Gasteiger partial charge in [0.1, 0.15) is 17.2 Å². The minimum Gasteiger partial charge on any atom is -0.444 e. The molecule has 0 aliphatic carbocycles. The van der Waals surface area contributed by atoms with Crippen molar-refractivity contribution in [1.82, 2.24) is 24.8 Å². The van der Waals surface area contributed by atoms with E-state index in [1.807, 2.05) is 27.7 Å². The van der Waals surface area contributed by atoms with Crippen LogP contribution < -0.4 is 16.2 Å². The average molecular weight is 582 g/mol. The van der Waals surface area contributed by atoms with Crippen molar-refractivity contribution in [3.8, 4) is 0 Å². The summed E-state index contributed by atoms with van der Waals surface area (Å²) in [6, 6.07) is 1.02. The van der Waals surface area contributed by atoms with Crippen LogP contribution in [-0.4, -0.2) is 63.0 Å². The van der Waals surface area contributed by atoms with Gasteiger partial charge in [-0.15, -0.1) is 0 Å². The predicted molar refractivity (Wildman–Crippen MR) is 153 cm³/mol. The molecule has 2 amide bonds. The van der Waals surface area contributed by atoms with Gasteiger partial charge >= 0.3 is 12.1 Å². The fourth-order valence-electron chi connectivity index (χ4n) is 3.87. The maximum atomic E-state index is 12.6. The maximum Gasteiger partial charge on any atom is 0.408 e. The molecule has 2 rings (SSSR count). The Morgan fingerprint density at radius 3 is 2.45 bits per heavy atom. The number of carbonyl (C=O) groups excluding carboxylic acids is 3. The van der Waals surface area contributed by atoms with Crippen molar-refractivity contribution >= 4 is 41.2 Å². The molecule has 12 nitrogen and oxygen atoms in total. The van der Waals surface area contributed by atoms with Gasteiger partial charge in [-0.05, 0) is 71.7 Å². The average Bonchev–Trinajstić information content (AvgIpc) is 3.25. The summed E-state index contributed by atoms with van der Waals surface area (Å²) in [6.07, 6.45) is 2.29. The number of hydrogen-bond acceptors (Lipinski definition) is 8. The van der Waals surface area contributed by atoms with Crippen molar-refractivity contribution < 1.29 is 28.6 Å². The number of aromatic amines is 1. The number of esters is 1. The lowest BCUT2D eigenvalue weighted by molar-refractivity contribution is -0.147. The number of alkyl carbamates (subject to hydrolysis) is 1. The van der Waals surface area contributed by atoms with Crippen LogP contribution in [0.2, 0.25) is 0 Å². The number of fused-ring (bicyclic) bond motifs is 1. The Kier molecular flexibility index (Phi) is 12.4. The van der Waals surface area contributed by atoms with Crippen LogP contribution in [0, 0.1) is 10.7 Å². The summed E-state index contributed by atoms with van der Waals surface area (Å²) in [5.41, 5.74) is -0.0407. The molecule has 0 aromatic carbocycles. The second kappa shape index (κ2) is 15.0. The van der Waals surface area contributed by atoms with E-state index in [2.05, 4.69) is 15.6 Å². The van der Waals surface area contributed by atoms with E-state index in [1.165, 1.54) is 0 Å². The van der Waals surface area contributed by atoms with Gasteiger partial charge in [-0.3, -0.25) is 19.4 Å². The summed E-state index contributed by atoms with van der Waals surface area (Å²) in [5, 5.41) is 5.41. The van der Waals surface area contributed by atoms with E-state index in [-0.39, 0.29) is 36.6 Å². The smallest absolute Gasteiger partial charge is 0.408 e. The molecule has 2 heterocycles. The van der Waals surface area contributed by atoms with Gasteiger partial charge in [0.05, 0.1) is 18.2 Å². The highest BCUT2D eigenvalue weighted by Crippen LogP contribution is 2.13. The Bertz CT molecular complexity index is 1270. The molecule has 0 saturated heterocycles. The fraction of sp³-hybridized carbons (Fsp3) is 0.667. The number of ether oxygens (including phenoxy) is 3. The van der Waals surface area contributed by atoms with Gasteiger partial charge in [0.15, 0.2) is 11.5 Å². The van der Waals surface area contributed by atoms with Crippen LogP contribution in [0.15, 0.2) is 17.1 Å². The highest BCUT2D eigenvalue weighted by atomic mass is 32.1. The highest BCUT2D eigenvalue weighted by molar-refractivity contribution is 7.71. The molecule has 40 heavy (non-hydrogen) atoms. The number of unbranched alkanes of at least 4 members (excludes halogenated alkanes) is 1. The zero-order valence-corrected chi connectivity index (χ0v) is 25.3. The van der Waals surface area contributed by atoms with Crippen molar-refractivity contribution in [2.75, 3.05) is 13.2 Å². The topological polar surface area (TPSA) is 146 Å². The molecule has 0 saturated carbocycles. The third-order valence-corrected chi connectivity index (χ3v) is 6.10. The van der Waals surface area contributed by atoms with Gasteiger partial charge in [-0.25, -0.2) is 4.79 Å². The first-order valence-electron chi connectivity index (χ1n) is 13.6. The van der Waals surface area contributed by atoms with E-state index >= 15 is 0 Å². The van der Waals surface area contributed by atoms with Gasteiger partial charge in [0.2, 0.25) is 5.91 Å². The number of aromatic nitrogens is 3. The summed E-state index contributed by atoms with van der Waals surface area (Å²) in [4.78, 5) is 52.2. The number of carbonyl (C=O) groups is 3. The molecule has 3 N–H and O–H groups in total. The molecule has 224 valence electrons. The zero-order chi connectivity index (χ0) is 30.0. The lowest BCUT2D eigenvalue weighted by Gasteiger charge is -2.25. The molecule has 1 atom stereocenters. The molecule has 0 unspecified atom stereocenters. The summed E-state index contributed by atoms with van der Waals surface area (Å²) < 4.78 is 19.9. The minimum atomic E-state index is -0.738. The molecular weight excluding hydrogens is 538 g/mol. The van der Waals surface area contributed by atoms with E-state index in [9.17, 15) is 19.2 Å². The number of amides is 2. The number of nitrogens with zero attached hydrogens (tertiary/aromatic N) is 2. The van der Waals surface area contributed by atoms with Gasteiger partial charge in [-0.1, -0.05) is 13.8 Å². The van der Waals surface area contributed by atoms with Crippen LogP contribution in [0.4, 0.5) is 4.79 Å². The molecule has 0 fully saturated rings. The normalized spacial score (nSPS) is 12.5. The van der Waals surface area contributed by atoms with Crippen molar-refractivity contribution in [3.63, 3.8) is 0 Å². The van der Waals surface area contributed by atoms with Crippen LogP contribution in [0.1, 0.15) is 67.7 Å². The largest absolute Gasteiger partial charge is 0.444 e. The second-order valence-electron chi connectivity index (χ2n) is 11.1. The minimum absolute atomic E-state index is 0.0748. The quantitative estimate of drug-likeness (QED) is 0.174. The van der Waals surface area contributed by atoms with Crippen LogP contribution in [-0.2, 0) is 37.1 Å². The van der Waals surface area contributed by atoms with Crippen LogP contribution in [0.3, 0.4) is 0 Å². The Balaban J connectivity index is 1.82. The Morgan fingerprint density at radius 1 is 1.12 bits per heavy atom. The summed E-state index contributed by atoms with van der Waals surface area (Å²) in [5.74, 6) is -0.877. The number of rotatable bonds is 14. The predicted octanol–water partition coefficient (Wildman–Crippen LogP) is 3.62. The van der Waals surface area contributed by atoms with Gasteiger partial charge in [0, 0.05) is 25.7 Å². The molecular formula is C27H43N5O7S. The molecule has 0 radical (unpaired) electrons. The van der Waals surface area contributed by atoms with Crippen molar-refractivity contribution in [2.24, 2.45) is 5.92 Å². The maximum absolute atomic E-state index is 12.6. The van der Waals surface area contributed by atoms with Crippen molar-refractivity contribution in [2.45, 2.75) is 98.8 Å². The zero-order valence-electron chi connectivity index (χ0n) is 24.5. The summed E-state index contributed by atoms with van der Waals surface area (Å²) in [7, 11) is 0. The van der Waals surface area contributed by atoms with E-state index in [4.69, 9.17) is 26.4 Å². The molecule has 0 aliphatic heterocycles. The number of nitrogens with one attached hydrogen (secondary N) is 3. The lowest BCUT2D eigenvalue weighted by atomic mass is 10.0. The van der Waals surface area contributed by atoms with Crippen molar-refractivity contribution in [1.29, 1.82) is 0 Å². The second-order valence-corrected chi connectivity index (χ2v) is 11.5. The summed E-state index contributed by atoms with van der Waals surface area (Å²) >= 11 is 5.32. The van der Waals surface area contributed by atoms with E-state index in [0.717, 1.165) is 0 Å². The first-order chi connectivity index (χ1) is 18.7. The Labute approximate surface area is 239 Å². The third-order valence-electron chi connectivity index (χ3n) is 5.77. The van der Waals surface area contributed by atoms with E-state index in [0.29, 0.717) is 48.3 Å².